The van der Waals surface area contributed by atoms with Crippen LogP contribution in [0.3, 0.4) is 0 Å². The lowest BCUT2D eigenvalue weighted by molar-refractivity contribution is -0.139. The molecule has 0 radical (unpaired) electrons. The van der Waals surface area contributed by atoms with Gasteiger partial charge in [-0.25, -0.2) is 23.5 Å². The molecule has 9 nitrogen and oxygen atoms in total. The summed E-state index contributed by atoms with van der Waals surface area (Å²) in [6.45, 7) is 3.63. The van der Waals surface area contributed by atoms with Gasteiger partial charge in [0.05, 0.1) is 28.7 Å². The molecule has 4 atom stereocenters. The van der Waals surface area contributed by atoms with Crippen molar-refractivity contribution in [3.8, 4) is 11.5 Å². The highest BCUT2D eigenvalue weighted by atomic mass is 127. The molecule has 5 rings (SSSR count). The van der Waals surface area contributed by atoms with Crippen LogP contribution in [0.4, 0.5) is 0 Å². The number of carbonyl (C=O) groups is 2. The van der Waals surface area contributed by atoms with Gasteiger partial charge in [-0.15, -0.1) is 0 Å². The monoisotopic (exact) mass is 577 g/mol. The third-order valence-electron chi connectivity index (χ3n) is 7.73. The highest BCUT2D eigenvalue weighted by molar-refractivity contribution is 14.1. The molecule has 2 aliphatic carbocycles. The van der Waals surface area contributed by atoms with Crippen molar-refractivity contribution in [2.75, 3.05) is 7.11 Å². The van der Waals surface area contributed by atoms with Crippen molar-refractivity contribution in [3.05, 3.63) is 65.5 Å². The average molecular weight is 577 g/mol. The van der Waals surface area contributed by atoms with Gasteiger partial charge in [-0.2, -0.15) is 0 Å². The Labute approximate surface area is 208 Å². The summed E-state index contributed by atoms with van der Waals surface area (Å²) in [5.41, 5.74) is -0.0633. The maximum atomic E-state index is 13.6. The first-order valence-electron chi connectivity index (χ1n) is 10.9. The fourth-order valence-electron chi connectivity index (χ4n) is 5.95. The van der Waals surface area contributed by atoms with Gasteiger partial charge in [-0.3, -0.25) is 9.59 Å². The Morgan fingerprint density at radius 3 is 2.56 bits per heavy atom. The molecule has 34 heavy (non-hydrogen) atoms. The van der Waals surface area contributed by atoms with E-state index in [1.165, 1.54) is 29.6 Å². The first-order chi connectivity index (χ1) is 16.0. The first-order valence-corrected chi connectivity index (χ1v) is 12.0. The van der Waals surface area contributed by atoms with E-state index in [1.54, 1.807) is 19.1 Å². The van der Waals surface area contributed by atoms with E-state index >= 15 is 0 Å². The van der Waals surface area contributed by atoms with Gasteiger partial charge in [0.2, 0.25) is 0 Å². The summed E-state index contributed by atoms with van der Waals surface area (Å²) >= 11 is 2.00. The summed E-state index contributed by atoms with van der Waals surface area (Å²) in [5.74, 6) is -1.26. The number of nitrogens with zero attached hydrogens (tertiary/aromatic N) is 3. The van der Waals surface area contributed by atoms with Crippen LogP contribution in [-0.4, -0.2) is 37.7 Å². The van der Waals surface area contributed by atoms with E-state index in [0.717, 1.165) is 10.1 Å². The van der Waals surface area contributed by atoms with Crippen LogP contribution >= 0.6 is 22.6 Å². The van der Waals surface area contributed by atoms with Gasteiger partial charge < -0.3 is 9.84 Å². The van der Waals surface area contributed by atoms with Crippen molar-refractivity contribution in [3.63, 3.8) is 0 Å². The van der Waals surface area contributed by atoms with Crippen molar-refractivity contribution in [1.82, 2.24) is 13.9 Å². The highest BCUT2D eigenvalue weighted by Gasteiger charge is 2.59. The topological polar surface area (TPSA) is 113 Å². The van der Waals surface area contributed by atoms with E-state index < -0.39 is 34.7 Å². The Morgan fingerprint density at radius 1 is 1.18 bits per heavy atom. The molecule has 1 aromatic heterocycles. The molecule has 0 bridgehead atoms. The molecule has 1 aromatic carbocycles. The molecule has 2 heterocycles. The van der Waals surface area contributed by atoms with Crippen LogP contribution in [0.1, 0.15) is 37.8 Å². The Morgan fingerprint density at radius 2 is 1.88 bits per heavy atom. The van der Waals surface area contributed by atoms with Gasteiger partial charge in [0.1, 0.15) is 0 Å². The predicted octanol–water partition coefficient (Wildman–Crippen LogP) is 2.06. The van der Waals surface area contributed by atoms with Crippen molar-refractivity contribution in [2.24, 2.45) is 18.4 Å². The minimum absolute atomic E-state index is 0.00607. The van der Waals surface area contributed by atoms with E-state index in [0.29, 0.717) is 14.7 Å². The third kappa shape index (κ3) is 2.83. The second-order valence-corrected chi connectivity index (χ2v) is 10.5. The number of aromatic hydroxyl groups is 1. The molecule has 1 aliphatic heterocycles. The van der Waals surface area contributed by atoms with Crippen LogP contribution in [0.2, 0.25) is 0 Å². The van der Waals surface area contributed by atoms with Gasteiger partial charge in [0.15, 0.2) is 23.1 Å². The number of hydrogen-bond donors (Lipinski definition) is 1. The smallest absolute Gasteiger partial charge is 0.347 e. The number of phenols is 1. The Kier molecular flexibility index (Phi) is 5.08. The normalized spacial score (nSPS) is 28.0. The highest BCUT2D eigenvalue weighted by Crippen LogP contribution is 2.60. The van der Waals surface area contributed by atoms with Crippen molar-refractivity contribution < 1.29 is 19.4 Å². The Hall–Kier alpha value is -2.89. The van der Waals surface area contributed by atoms with E-state index in [9.17, 15) is 24.3 Å². The molecular formula is C24H24IN3O6. The maximum Gasteiger partial charge on any atom is 0.347 e. The molecule has 0 saturated heterocycles. The fourth-order valence-corrected chi connectivity index (χ4v) is 6.57. The van der Waals surface area contributed by atoms with Gasteiger partial charge >= 0.3 is 11.4 Å². The minimum Gasteiger partial charge on any atom is -0.504 e. The van der Waals surface area contributed by atoms with Gasteiger partial charge in [-0.1, -0.05) is 13.0 Å². The summed E-state index contributed by atoms with van der Waals surface area (Å²) in [6, 6.07) is 2.91. The lowest BCUT2D eigenvalue weighted by atomic mass is 9.51. The summed E-state index contributed by atoms with van der Waals surface area (Å²) in [6.07, 6.45) is 3.56. The fraction of sp³-hybridized carbons (Fsp3) is 0.417. The predicted molar refractivity (Wildman–Crippen MR) is 131 cm³/mol. The average Bonchev–Trinajstić information content (AvgIpc) is 3.03. The number of carbonyl (C=O) groups excluding carboxylic acids is 2. The molecule has 3 aliphatic rings. The minimum atomic E-state index is -1.09. The molecule has 2 aromatic rings. The molecule has 1 N–H and O–H groups in total. The van der Waals surface area contributed by atoms with Gasteiger partial charge in [0, 0.05) is 18.9 Å². The molecule has 1 fully saturated rings. The number of rotatable bonds is 2. The van der Waals surface area contributed by atoms with Crippen LogP contribution in [0.5, 0.6) is 11.5 Å². The van der Waals surface area contributed by atoms with E-state index in [1.807, 2.05) is 35.6 Å². The SMILES string of the molecule is COc1cc([C@H]2C3=CCn4c(=O)n(C)c(=O)n4[C@@H]3C[C@H]3C(=O)C(C)=CC(=O)[C@@]23C)cc(I)c1O. The number of phenolic OH excluding ortho intramolecular Hbond substituents is 1. The van der Waals surface area contributed by atoms with E-state index in [2.05, 4.69) is 0 Å². The van der Waals surface area contributed by atoms with Crippen molar-refractivity contribution >= 4 is 34.2 Å². The lowest BCUT2D eigenvalue weighted by Gasteiger charge is -2.52. The van der Waals surface area contributed by atoms with Crippen LogP contribution in [0, 0.1) is 14.9 Å². The second-order valence-electron chi connectivity index (χ2n) is 9.38. The molecule has 0 unspecified atom stereocenters. The Balaban J connectivity index is 1.81. The number of allylic oxidation sites excluding steroid dienone is 4. The molecular weight excluding hydrogens is 553 g/mol. The number of methoxy groups -OCH3 is 1. The number of aromatic nitrogens is 3. The Bertz CT molecular complexity index is 1460. The molecule has 0 spiro atoms. The summed E-state index contributed by atoms with van der Waals surface area (Å²) < 4.78 is 9.80. The molecule has 1 saturated carbocycles. The van der Waals surface area contributed by atoms with E-state index in [-0.39, 0.29) is 36.0 Å². The lowest BCUT2D eigenvalue weighted by Crippen LogP contribution is -2.54. The van der Waals surface area contributed by atoms with Crippen molar-refractivity contribution in [2.45, 2.75) is 38.8 Å². The first kappa shape index (κ1) is 22.9. The number of ether oxygens (including phenoxy) is 1. The maximum absolute atomic E-state index is 13.6. The molecule has 178 valence electrons. The second kappa shape index (κ2) is 7.56. The van der Waals surface area contributed by atoms with Gasteiger partial charge in [0.25, 0.3) is 0 Å². The number of ketones is 2. The number of Topliss-reactive ketones (excluding diaryl/α,β-unsaturated/α-hetero) is 1. The third-order valence-corrected chi connectivity index (χ3v) is 8.56. The zero-order valence-electron chi connectivity index (χ0n) is 19.2. The van der Waals surface area contributed by atoms with Crippen LogP contribution in [0.15, 0.2) is 45.0 Å². The molecule has 10 heteroatoms. The van der Waals surface area contributed by atoms with Crippen LogP contribution in [0.25, 0.3) is 0 Å². The number of benzene rings is 1. The summed E-state index contributed by atoms with van der Waals surface area (Å²) in [7, 11) is 2.88. The molecule has 0 amide bonds. The quantitative estimate of drug-likeness (QED) is 0.432. The van der Waals surface area contributed by atoms with Crippen LogP contribution < -0.4 is 16.1 Å². The number of halogens is 1. The summed E-state index contributed by atoms with van der Waals surface area (Å²) in [4.78, 5) is 52.7. The standard InChI is InChI=1S/C24H24IN3O6/c1-11-7-18(29)24(2)14(20(11)30)10-16-13(5-6-27-22(32)26(3)23(33)28(16)27)19(24)12-8-15(25)21(31)17(9-12)34-4/h5,7-9,14,16,19,31H,6,10H2,1-4H3/t14-,16+,19-,24-/m0/s1. The zero-order chi connectivity index (χ0) is 24.7. The zero-order valence-corrected chi connectivity index (χ0v) is 21.3. The van der Waals surface area contributed by atoms with E-state index in [4.69, 9.17) is 4.74 Å². The van der Waals surface area contributed by atoms with Crippen molar-refractivity contribution in [1.29, 1.82) is 0 Å². The largest absolute Gasteiger partial charge is 0.504 e. The summed E-state index contributed by atoms with van der Waals surface area (Å²) in [5, 5.41) is 10.4. The number of fused-ring (bicyclic) bond motifs is 4. The van der Waals surface area contributed by atoms with Gasteiger partial charge in [-0.05, 0) is 70.9 Å². The number of hydrogen-bond acceptors (Lipinski definition) is 6. The van der Waals surface area contributed by atoms with Crippen LogP contribution in [-0.2, 0) is 23.2 Å².